The number of aromatic nitrogens is 1. The topological polar surface area (TPSA) is 49.7 Å². The maximum Gasteiger partial charge on any atom is 0.325 e. The van der Waals surface area contributed by atoms with E-state index in [4.69, 9.17) is 13.7 Å². The first-order valence-electron chi connectivity index (χ1n) is 9.39. The highest BCUT2D eigenvalue weighted by Gasteiger charge is 2.07. The van der Waals surface area contributed by atoms with E-state index in [1.807, 2.05) is 42.0 Å². The van der Waals surface area contributed by atoms with Crippen molar-refractivity contribution in [3.05, 3.63) is 60.3 Å². The Kier molecular flexibility index (Phi) is 7.39. The number of fused-ring (bicyclic) bond motifs is 1. The first-order valence-corrected chi connectivity index (χ1v) is 10.1. The second-order valence-corrected chi connectivity index (χ2v) is 7.26. The predicted molar refractivity (Wildman–Crippen MR) is 112 cm³/mol. The van der Waals surface area contributed by atoms with Crippen LogP contribution in [-0.4, -0.2) is 30.4 Å². The summed E-state index contributed by atoms with van der Waals surface area (Å²) in [6.07, 6.45) is 2.70. The molecule has 6 heteroatoms. The molecule has 0 unspecified atom stereocenters. The lowest BCUT2D eigenvalue weighted by molar-refractivity contribution is -0.143. The highest BCUT2D eigenvalue weighted by Crippen LogP contribution is 2.23. The molecule has 3 rings (SSSR count). The molecule has 0 radical (unpaired) electrons. The number of rotatable bonds is 10. The fraction of sp³-hybridized carbons (Fsp3) is 0.318. The van der Waals surface area contributed by atoms with E-state index in [-0.39, 0.29) is 12.5 Å². The van der Waals surface area contributed by atoms with Crippen LogP contribution in [0.2, 0.25) is 0 Å². The molecular weight excluding hydrogens is 374 g/mol. The minimum atomic E-state index is -0.233. The predicted octanol–water partition coefficient (Wildman–Crippen LogP) is 5.01. The van der Waals surface area contributed by atoms with E-state index >= 15 is 0 Å². The molecule has 148 valence electrons. The van der Waals surface area contributed by atoms with Crippen LogP contribution in [0.5, 0.6) is 5.75 Å². The largest absolute Gasteiger partial charge is 0.493 e. The Morgan fingerprint density at radius 2 is 1.89 bits per heavy atom. The summed E-state index contributed by atoms with van der Waals surface area (Å²) >= 11 is 1.39. The maximum atomic E-state index is 11.7. The summed E-state index contributed by atoms with van der Waals surface area (Å²) in [5, 5.41) is 1.04. The van der Waals surface area contributed by atoms with Gasteiger partial charge in [0.15, 0.2) is 0 Å². The van der Waals surface area contributed by atoms with Crippen LogP contribution in [0.1, 0.15) is 18.9 Å². The van der Waals surface area contributed by atoms with Crippen molar-refractivity contribution in [1.29, 1.82) is 0 Å². The zero-order chi connectivity index (χ0) is 19.8. The molecule has 5 nitrogen and oxygen atoms in total. The van der Waals surface area contributed by atoms with Gasteiger partial charge < -0.3 is 18.2 Å². The molecule has 0 aliphatic heterocycles. The van der Waals surface area contributed by atoms with Gasteiger partial charge >= 0.3 is 5.97 Å². The average molecular weight is 400 g/mol. The summed E-state index contributed by atoms with van der Waals surface area (Å²) in [6.45, 7) is 5.69. The molecule has 3 aromatic rings. The van der Waals surface area contributed by atoms with Gasteiger partial charge in [-0.15, -0.1) is 0 Å². The normalized spacial score (nSPS) is 10.9. The highest BCUT2D eigenvalue weighted by molar-refractivity contribution is 7.94. The molecular formula is C22H25NO4S. The Labute approximate surface area is 169 Å². The third-order valence-electron chi connectivity index (χ3n) is 4.16. The highest BCUT2D eigenvalue weighted by atomic mass is 32.2. The molecule has 2 aromatic carbocycles. The number of nitrogens with zero attached hydrogens (tertiary/aromatic N) is 1. The number of benzene rings is 2. The van der Waals surface area contributed by atoms with Crippen LogP contribution >= 0.6 is 12.0 Å². The van der Waals surface area contributed by atoms with Crippen molar-refractivity contribution in [3.63, 3.8) is 0 Å². The van der Waals surface area contributed by atoms with E-state index < -0.39 is 0 Å². The minimum Gasteiger partial charge on any atom is -0.493 e. The van der Waals surface area contributed by atoms with Gasteiger partial charge in [0.25, 0.3) is 0 Å². The van der Waals surface area contributed by atoms with E-state index in [0.717, 1.165) is 28.0 Å². The maximum absolute atomic E-state index is 11.7. The Balaban J connectivity index is 1.42. The van der Waals surface area contributed by atoms with Gasteiger partial charge in [-0.05, 0) is 50.2 Å². The number of esters is 1. The van der Waals surface area contributed by atoms with Crippen LogP contribution in [0.4, 0.5) is 0 Å². The van der Waals surface area contributed by atoms with Crippen molar-refractivity contribution in [2.75, 3.05) is 19.8 Å². The minimum absolute atomic E-state index is 0.216. The van der Waals surface area contributed by atoms with Crippen molar-refractivity contribution in [2.24, 2.45) is 0 Å². The van der Waals surface area contributed by atoms with Crippen LogP contribution in [0.25, 0.3) is 10.9 Å². The zero-order valence-electron chi connectivity index (χ0n) is 16.2. The Morgan fingerprint density at radius 3 is 2.68 bits per heavy atom. The second-order valence-electron chi connectivity index (χ2n) is 6.39. The van der Waals surface area contributed by atoms with Crippen LogP contribution in [0.15, 0.2) is 59.6 Å². The third-order valence-corrected chi connectivity index (χ3v) is 4.91. The lowest BCUT2D eigenvalue weighted by Crippen LogP contribution is -2.12. The molecule has 0 bridgehead atoms. The van der Waals surface area contributed by atoms with Crippen molar-refractivity contribution < 1.29 is 18.5 Å². The number of carbonyl (C=O) groups is 1. The van der Waals surface area contributed by atoms with Gasteiger partial charge in [-0.1, -0.05) is 17.7 Å². The van der Waals surface area contributed by atoms with Crippen molar-refractivity contribution in [2.45, 2.75) is 31.7 Å². The molecule has 28 heavy (non-hydrogen) atoms. The number of aryl methyl sites for hydroxylation is 1. The summed E-state index contributed by atoms with van der Waals surface area (Å²) in [5.41, 5.74) is 2.23. The summed E-state index contributed by atoms with van der Waals surface area (Å²) in [6, 6.07) is 16.1. The van der Waals surface area contributed by atoms with Crippen molar-refractivity contribution in [3.8, 4) is 5.75 Å². The Morgan fingerprint density at radius 1 is 1.07 bits per heavy atom. The van der Waals surface area contributed by atoms with Crippen molar-refractivity contribution in [1.82, 2.24) is 4.57 Å². The van der Waals surface area contributed by atoms with E-state index in [1.165, 1.54) is 17.6 Å². The van der Waals surface area contributed by atoms with Crippen molar-refractivity contribution >= 4 is 28.9 Å². The van der Waals surface area contributed by atoms with Crippen LogP contribution < -0.4 is 4.74 Å². The molecule has 0 fully saturated rings. The first kappa shape index (κ1) is 20.3. The number of ether oxygens (including phenoxy) is 2. The lowest BCUT2D eigenvalue weighted by Gasteiger charge is -2.08. The van der Waals surface area contributed by atoms with E-state index in [9.17, 15) is 4.79 Å². The Hall–Kier alpha value is -2.44. The van der Waals surface area contributed by atoms with Gasteiger partial charge in [-0.25, -0.2) is 0 Å². The number of carbonyl (C=O) groups excluding carboxylic acids is 1. The Bertz CT molecular complexity index is 905. The molecule has 0 amide bonds. The average Bonchev–Trinajstić information content (AvgIpc) is 3.08. The number of hydrogen-bond acceptors (Lipinski definition) is 5. The van der Waals surface area contributed by atoms with Gasteiger partial charge in [0.1, 0.15) is 12.3 Å². The molecule has 0 N–H and O–H groups in total. The summed E-state index contributed by atoms with van der Waals surface area (Å²) in [5.74, 6) is 0.580. The summed E-state index contributed by atoms with van der Waals surface area (Å²) in [7, 11) is 0. The fourth-order valence-electron chi connectivity index (χ4n) is 2.76. The molecule has 1 aromatic heterocycles. The molecule has 0 atom stereocenters. The molecule has 0 saturated carbocycles. The monoisotopic (exact) mass is 399 g/mol. The van der Waals surface area contributed by atoms with Gasteiger partial charge in [-0.2, -0.15) is 0 Å². The standard InChI is InChI=1S/C22H25NO4S/c1-3-25-22(24)16-23-12-11-18-15-19(7-10-21(18)23)26-13-4-14-27-28-20-8-5-17(2)6-9-20/h5-12,15H,3-4,13-14,16H2,1-2H3. The number of hydrogen-bond donors (Lipinski definition) is 0. The first-order chi connectivity index (χ1) is 13.7. The summed E-state index contributed by atoms with van der Waals surface area (Å²) in [4.78, 5) is 12.8. The van der Waals surface area contributed by atoms with Gasteiger partial charge in [0.2, 0.25) is 0 Å². The van der Waals surface area contributed by atoms with Crippen LogP contribution in [0.3, 0.4) is 0 Å². The van der Waals surface area contributed by atoms with E-state index in [1.54, 1.807) is 0 Å². The van der Waals surface area contributed by atoms with E-state index in [2.05, 4.69) is 31.2 Å². The molecule has 0 aliphatic rings. The van der Waals surface area contributed by atoms with Gasteiger partial charge in [0.05, 0.1) is 19.8 Å². The van der Waals surface area contributed by atoms with Gasteiger partial charge in [-0.3, -0.25) is 4.79 Å². The third kappa shape index (κ3) is 5.78. The summed E-state index contributed by atoms with van der Waals surface area (Å²) < 4.78 is 18.3. The van der Waals surface area contributed by atoms with Crippen LogP contribution in [-0.2, 0) is 20.3 Å². The molecule has 0 aliphatic carbocycles. The molecule has 0 saturated heterocycles. The van der Waals surface area contributed by atoms with Crippen LogP contribution in [0, 0.1) is 6.92 Å². The fourth-order valence-corrected chi connectivity index (χ4v) is 3.35. The van der Waals surface area contributed by atoms with Gasteiger partial charge in [0, 0.05) is 40.5 Å². The SMILES string of the molecule is CCOC(=O)Cn1ccc2cc(OCCCOSc3ccc(C)cc3)ccc21. The second kappa shape index (κ2) is 10.2. The lowest BCUT2D eigenvalue weighted by atomic mass is 10.2. The zero-order valence-corrected chi connectivity index (χ0v) is 17.0. The smallest absolute Gasteiger partial charge is 0.325 e. The quantitative estimate of drug-likeness (QED) is 0.273. The molecule has 0 spiro atoms. The molecule has 1 heterocycles. The van der Waals surface area contributed by atoms with E-state index in [0.29, 0.717) is 19.8 Å².